The maximum absolute atomic E-state index is 14.2. The van der Waals surface area contributed by atoms with Gasteiger partial charge in [-0.2, -0.15) is 10.5 Å². The molecule has 2 heterocycles. The Morgan fingerprint density at radius 1 is 1.37 bits per heavy atom. The standard InChI is InChI=1S/C16H11FN8O2/c17-8-3-1-2-6(9(8)15(26)27)12-10-11(20)7(4-18)13(21)24-14(10)25-16(23-12)22-5-19/h1-3,12H,(H,26,27)(H6,20,21,22,23,24,25). The van der Waals surface area contributed by atoms with Gasteiger partial charge in [-0.05, 0) is 11.6 Å². The highest BCUT2D eigenvalue weighted by Crippen LogP contribution is 2.41. The molecule has 1 unspecified atom stereocenters. The van der Waals surface area contributed by atoms with Crippen LogP contribution in [0.2, 0.25) is 0 Å². The molecule has 0 saturated carbocycles. The Balaban J connectivity index is 2.35. The smallest absolute Gasteiger partial charge is 0.339 e. The molecule has 0 aliphatic carbocycles. The van der Waals surface area contributed by atoms with Crippen molar-refractivity contribution in [3.63, 3.8) is 0 Å². The van der Waals surface area contributed by atoms with Crippen molar-refractivity contribution in [2.45, 2.75) is 6.04 Å². The number of anilines is 3. The number of nitriles is 2. The summed E-state index contributed by atoms with van der Waals surface area (Å²) in [7, 11) is 0. The third kappa shape index (κ3) is 2.79. The van der Waals surface area contributed by atoms with Crippen molar-refractivity contribution in [2.75, 3.05) is 16.8 Å². The number of hydrogen-bond acceptors (Lipinski definition) is 9. The summed E-state index contributed by atoms with van der Waals surface area (Å²) in [6, 6.07) is 4.36. The number of rotatable bonds is 2. The molecule has 0 bridgehead atoms. The van der Waals surface area contributed by atoms with Crippen LogP contribution in [0, 0.1) is 28.6 Å². The van der Waals surface area contributed by atoms with E-state index in [-0.39, 0.29) is 40.0 Å². The fraction of sp³-hybridized carbons (Fsp3) is 0.0625. The molecule has 10 nitrogen and oxygen atoms in total. The fourth-order valence-electron chi connectivity index (χ4n) is 2.80. The summed E-state index contributed by atoms with van der Waals surface area (Å²) < 4.78 is 14.2. The molecule has 0 amide bonds. The number of aliphatic imine (C=N–C) groups is 1. The Morgan fingerprint density at radius 3 is 2.74 bits per heavy atom. The minimum absolute atomic E-state index is 0.0235. The average molecular weight is 366 g/mol. The first-order valence-electron chi connectivity index (χ1n) is 7.39. The normalized spacial score (nSPS) is 14.8. The van der Waals surface area contributed by atoms with Crippen molar-refractivity contribution in [2.24, 2.45) is 4.99 Å². The van der Waals surface area contributed by atoms with Gasteiger partial charge in [-0.1, -0.05) is 12.1 Å². The molecular weight excluding hydrogens is 355 g/mol. The molecule has 7 N–H and O–H groups in total. The van der Waals surface area contributed by atoms with Gasteiger partial charge in [0.2, 0.25) is 5.96 Å². The van der Waals surface area contributed by atoms with Crippen LogP contribution >= 0.6 is 0 Å². The van der Waals surface area contributed by atoms with Crippen LogP contribution in [0.15, 0.2) is 23.2 Å². The molecule has 0 fully saturated rings. The van der Waals surface area contributed by atoms with Gasteiger partial charge in [0.05, 0.1) is 5.69 Å². The van der Waals surface area contributed by atoms with Crippen LogP contribution in [0.5, 0.6) is 0 Å². The molecule has 1 aromatic heterocycles. The van der Waals surface area contributed by atoms with Crippen LogP contribution in [0.1, 0.15) is 33.1 Å². The largest absolute Gasteiger partial charge is 0.478 e. The van der Waals surface area contributed by atoms with Gasteiger partial charge < -0.3 is 21.9 Å². The number of fused-ring (bicyclic) bond motifs is 1. The Hall–Kier alpha value is -4.38. The first-order chi connectivity index (χ1) is 12.9. The zero-order valence-corrected chi connectivity index (χ0v) is 13.5. The molecule has 3 rings (SSSR count). The van der Waals surface area contributed by atoms with Gasteiger partial charge in [0.1, 0.15) is 40.7 Å². The number of carboxylic acid groups (broad SMARTS) is 1. The van der Waals surface area contributed by atoms with Gasteiger partial charge in [0.25, 0.3) is 0 Å². The number of aromatic nitrogens is 1. The summed E-state index contributed by atoms with van der Waals surface area (Å²) in [5.41, 5.74) is 11.1. The Bertz CT molecular complexity index is 1080. The van der Waals surface area contributed by atoms with E-state index in [0.29, 0.717) is 0 Å². The molecule has 1 aromatic carbocycles. The number of nitrogens with zero attached hydrogens (tertiary/aromatic N) is 4. The number of nitrogens with two attached hydrogens (primary N) is 2. The van der Waals surface area contributed by atoms with Gasteiger partial charge in [-0.3, -0.25) is 5.32 Å². The maximum Gasteiger partial charge on any atom is 0.339 e. The maximum atomic E-state index is 14.2. The third-order valence-corrected chi connectivity index (χ3v) is 3.91. The highest BCUT2D eigenvalue weighted by atomic mass is 19.1. The third-order valence-electron chi connectivity index (χ3n) is 3.91. The zero-order chi connectivity index (χ0) is 19.7. The van der Waals surface area contributed by atoms with E-state index in [1.807, 2.05) is 6.07 Å². The van der Waals surface area contributed by atoms with Crippen LogP contribution in [-0.2, 0) is 0 Å². The first-order valence-corrected chi connectivity index (χ1v) is 7.39. The highest BCUT2D eigenvalue weighted by Gasteiger charge is 2.32. The Morgan fingerprint density at radius 2 is 2.11 bits per heavy atom. The minimum atomic E-state index is -1.50. The monoisotopic (exact) mass is 366 g/mol. The van der Waals surface area contributed by atoms with E-state index in [1.54, 1.807) is 6.19 Å². The number of pyridine rings is 1. The van der Waals surface area contributed by atoms with Crippen LogP contribution in [0.4, 0.5) is 21.7 Å². The highest BCUT2D eigenvalue weighted by molar-refractivity contribution is 5.99. The number of guanidine groups is 1. The lowest BCUT2D eigenvalue weighted by Crippen LogP contribution is -2.33. The molecule has 11 heteroatoms. The minimum Gasteiger partial charge on any atom is -0.478 e. The van der Waals surface area contributed by atoms with E-state index < -0.39 is 23.4 Å². The van der Waals surface area contributed by atoms with Crippen LogP contribution in [0.3, 0.4) is 0 Å². The first kappa shape index (κ1) is 17.4. The summed E-state index contributed by atoms with van der Waals surface area (Å²) in [6.07, 6.45) is 1.66. The van der Waals surface area contributed by atoms with Crippen LogP contribution in [-0.4, -0.2) is 22.0 Å². The summed E-state index contributed by atoms with van der Waals surface area (Å²) in [5.74, 6) is -2.62. The zero-order valence-electron chi connectivity index (χ0n) is 13.5. The van der Waals surface area contributed by atoms with Gasteiger partial charge in [-0.25, -0.2) is 19.2 Å². The molecule has 27 heavy (non-hydrogen) atoms. The van der Waals surface area contributed by atoms with Gasteiger partial charge in [0.15, 0.2) is 6.19 Å². The second-order valence-corrected chi connectivity index (χ2v) is 5.41. The Kier molecular flexibility index (Phi) is 4.20. The van der Waals surface area contributed by atoms with Gasteiger partial charge in [-0.15, -0.1) is 0 Å². The SMILES string of the molecule is N#CNC1=NC(c2cccc(F)c2C(=O)O)c2c(nc(N)c(C#N)c2N)N1. The summed E-state index contributed by atoms with van der Waals surface area (Å²) in [6.45, 7) is 0. The van der Waals surface area contributed by atoms with E-state index >= 15 is 0 Å². The van der Waals surface area contributed by atoms with E-state index in [1.165, 1.54) is 12.1 Å². The molecule has 0 spiro atoms. The summed E-state index contributed by atoms with van der Waals surface area (Å²) in [4.78, 5) is 19.8. The van der Waals surface area contributed by atoms with E-state index in [2.05, 4.69) is 20.6 Å². The number of carbonyl (C=O) groups is 1. The van der Waals surface area contributed by atoms with Crippen molar-refractivity contribution in [1.29, 1.82) is 10.5 Å². The van der Waals surface area contributed by atoms with Gasteiger partial charge in [0, 0.05) is 5.56 Å². The topological polar surface area (TPSA) is 186 Å². The molecule has 134 valence electrons. The number of hydrogen-bond donors (Lipinski definition) is 5. The molecule has 1 atom stereocenters. The number of benzene rings is 1. The number of halogens is 1. The van der Waals surface area contributed by atoms with Crippen LogP contribution < -0.4 is 22.1 Å². The van der Waals surface area contributed by atoms with E-state index in [4.69, 9.17) is 16.7 Å². The summed E-state index contributed by atoms with van der Waals surface area (Å²) in [5, 5.41) is 32.5. The Labute approximate surface area is 151 Å². The lowest BCUT2D eigenvalue weighted by molar-refractivity contribution is 0.0690. The lowest BCUT2D eigenvalue weighted by Gasteiger charge is -2.27. The van der Waals surface area contributed by atoms with Crippen molar-refractivity contribution in [3.05, 3.63) is 46.3 Å². The van der Waals surface area contributed by atoms with Crippen molar-refractivity contribution >= 4 is 29.3 Å². The molecule has 0 radical (unpaired) electrons. The predicted octanol–water partition coefficient (Wildman–Crippen LogP) is 0.897. The fourth-order valence-corrected chi connectivity index (χ4v) is 2.80. The van der Waals surface area contributed by atoms with Crippen LogP contribution in [0.25, 0.3) is 0 Å². The lowest BCUT2D eigenvalue weighted by atomic mass is 9.91. The molecule has 1 aliphatic heterocycles. The quantitative estimate of drug-likeness (QED) is 0.380. The molecule has 2 aromatic rings. The average Bonchev–Trinajstić information content (AvgIpc) is 2.61. The van der Waals surface area contributed by atoms with Crippen molar-refractivity contribution < 1.29 is 14.3 Å². The number of aromatic carboxylic acids is 1. The van der Waals surface area contributed by atoms with E-state index in [9.17, 15) is 19.6 Å². The summed E-state index contributed by atoms with van der Waals surface area (Å²) >= 11 is 0. The molecule has 1 aliphatic rings. The number of carboxylic acids is 1. The number of nitrogens with one attached hydrogen (secondary N) is 2. The number of nitrogen functional groups attached to an aromatic ring is 2. The van der Waals surface area contributed by atoms with Gasteiger partial charge >= 0.3 is 5.97 Å². The predicted molar refractivity (Wildman–Crippen MR) is 92.8 cm³/mol. The molecular formula is C16H11FN8O2. The second-order valence-electron chi connectivity index (χ2n) is 5.41. The van der Waals surface area contributed by atoms with Crippen molar-refractivity contribution in [3.8, 4) is 12.3 Å². The van der Waals surface area contributed by atoms with Crippen molar-refractivity contribution in [1.82, 2.24) is 10.3 Å². The second kappa shape index (κ2) is 6.50. The molecule has 0 saturated heterocycles. The van der Waals surface area contributed by atoms with E-state index in [0.717, 1.165) is 6.07 Å².